The summed E-state index contributed by atoms with van der Waals surface area (Å²) in [7, 11) is 0. The van der Waals surface area contributed by atoms with Gasteiger partial charge in [0.2, 0.25) is 0 Å². The van der Waals surface area contributed by atoms with Crippen LogP contribution in [0.3, 0.4) is 0 Å². The van der Waals surface area contributed by atoms with Crippen LogP contribution in [0.25, 0.3) is 0 Å². The Balaban J connectivity index is 1.20. The van der Waals surface area contributed by atoms with Crippen molar-refractivity contribution in [3.8, 4) is 0 Å². The minimum atomic E-state index is 0.704. The standard InChI is InChI=1S/C22H41N3/c1-4-5-22(6-7-22)18-23-12-8-21(9-13-23)10-14-24(15-11-21)20-16-25(17-20)19(2)3/h19-20H,4-18H2,1-3H3. The van der Waals surface area contributed by atoms with Gasteiger partial charge in [-0.15, -0.1) is 0 Å². The van der Waals surface area contributed by atoms with Gasteiger partial charge in [0.25, 0.3) is 0 Å². The minimum absolute atomic E-state index is 0.704. The van der Waals surface area contributed by atoms with Crippen LogP contribution in [0.1, 0.15) is 72.1 Å². The average molecular weight is 348 g/mol. The molecule has 0 atom stereocenters. The van der Waals surface area contributed by atoms with E-state index in [9.17, 15) is 0 Å². The van der Waals surface area contributed by atoms with E-state index in [1.165, 1.54) is 97.2 Å². The van der Waals surface area contributed by atoms with Crippen molar-refractivity contribution in [3.05, 3.63) is 0 Å². The summed E-state index contributed by atoms with van der Waals surface area (Å²) in [6, 6.07) is 1.60. The van der Waals surface area contributed by atoms with Crippen molar-refractivity contribution < 1.29 is 0 Å². The van der Waals surface area contributed by atoms with Gasteiger partial charge < -0.3 is 4.90 Å². The van der Waals surface area contributed by atoms with E-state index < -0.39 is 0 Å². The minimum Gasteiger partial charge on any atom is -0.303 e. The Labute approximate surface area is 156 Å². The zero-order valence-electron chi connectivity index (χ0n) is 17.1. The first-order valence-corrected chi connectivity index (χ1v) is 11.2. The highest BCUT2D eigenvalue weighted by molar-refractivity contribution is 4.99. The predicted molar refractivity (Wildman–Crippen MR) is 106 cm³/mol. The molecule has 4 rings (SSSR count). The molecule has 25 heavy (non-hydrogen) atoms. The molecule has 3 saturated heterocycles. The Kier molecular flexibility index (Phi) is 5.20. The first-order chi connectivity index (χ1) is 12.0. The molecule has 0 bridgehead atoms. The van der Waals surface area contributed by atoms with Crippen LogP contribution in [0, 0.1) is 10.8 Å². The van der Waals surface area contributed by atoms with Crippen molar-refractivity contribution in [1.82, 2.24) is 14.7 Å². The highest BCUT2D eigenvalue weighted by Crippen LogP contribution is 2.51. The van der Waals surface area contributed by atoms with Crippen molar-refractivity contribution in [1.29, 1.82) is 0 Å². The van der Waals surface area contributed by atoms with Gasteiger partial charge in [-0.2, -0.15) is 0 Å². The molecule has 4 fully saturated rings. The van der Waals surface area contributed by atoms with E-state index in [-0.39, 0.29) is 0 Å². The van der Waals surface area contributed by atoms with Gasteiger partial charge in [-0.05, 0) is 95.8 Å². The summed E-state index contributed by atoms with van der Waals surface area (Å²) >= 11 is 0. The molecule has 0 unspecified atom stereocenters. The van der Waals surface area contributed by atoms with Gasteiger partial charge in [0, 0.05) is 31.7 Å². The van der Waals surface area contributed by atoms with E-state index in [0.717, 1.165) is 17.5 Å². The molecule has 4 aliphatic rings. The average Bonchev–Trinajstić information content (AvgIpc) is 3.30. The number of rotatable bonds is 6. The highest BCUT2D eigenvalue weighted by atomic mass is 15.3. The Morgan fingerprint density at radius 1 is 0.880 bits per heavy atom. The van der Waals surface area contributed by atoms with Crippen LogP contribution in [-0.4, -0.2) is 72.6 Å². The quantitative estimate of drug-likeness (QED) is 0.723. The van der Waals surface area contributed by atoms with Gasteiger partial charge >= 0.3 is 0 Å². The monoisotopic (exact) mass is 347 g/mol. The lowest BCUT2D eigenvalue weighted by Crippen LogP contribution is -2.63. The first kappa shape index (κ1) is 18.3. The maximum Gasteiger partial charge on any atom is 0.0350 e. The number of hydrogen-bond donors (Lipinski definition) is 0. The Bertz CT molecular complexity index is 432. The molecule has 3 aliphatic heterocycles. The van der Waals surface area contributed by atoms with Crippen LogP contribution in [0.5, 0.6) is 0 Å². The normalized spacial score (nSPS) is 30.7. The fraction of sp³-hybridized carbons (Fsp3) is 1.00. The van der Waals surface area contributed by atoms with Crippen LogP contribution in [-0.2, 0) is 0 Å². The summed E-state index contributed by atoms with van der Waals surface area (Å²) in [5.74, 6) is 0. The van der Waals surface area contributed by atoms with E-state index in [2.05, 4.69) is 35.5 Å². The third-order valence-electron chi connectivity index (χ3n) is 8.21. The summed E-state index contributed by atoms with van der Waals surface area (Å²) < 4.78 is 0. The van der Waals surface area contributed by atoms with Crippen molar-refractivity contribution in [2.24, 2.45) is 10.8 Å². The van der Waals surface area contributed by atoms with Gasteiger partial charge in [-0.1, -0.05) is 13.3 Å². The number of nitrogens with zero attached hydrogens (tertiary/aromatic N) is 3. The number of piperidine rings is 2. The molecular weight excluding hydrogens is 306 g/mol. The van der Waals surface area contributed by atoms with Crippen molar-refractivity contribution in [2.45, 2.75) is 84.2 Å². The second-order valence-electron chi connectivity index (χ2n) is 10.3. The molecule has 0 aromatic carbocycles. The zero-order valence-corrected chi connectivity index (χ0v) is 17.1. The maximum absolute atomic E-state index is 2.83. The largest absolute Gasteiger partial charge is 0.303 e. The van der Waals surface area contributed by atoms with Crippen molar-refractivity contribution in [3.63, 3.8) is 0 Å². The summed E-state index contributed by atoms with van der Waals surface area (Å²) in [4.78, 5) is 8.27. The summed E-state index contributed by atoms with van der Waals surface area (Å²) in [6.07, 6.45) is 11.8. The topological polar surface area (TPSA) is 9.72 Å². The molecule has 0 N–H and O–H groups in total. The van der Waals surface area contributed by atoms with Gasteiger partial charge in [-0.25, -0.2) is 0 Å². The first-order valence-electron chi connectivity index (χ1n) is 11.2. The van der Waals surface area contributed by atoms with Crippen LogP contribution in [0.2, 0.25) is 0 Å². The molecular formula is C22H41N3. The second-order valence-corrected chi connectivity index (χ2v) is 10.3. The van der Waals surface area contributed by atoms with Crippen LogP contribution in [0.15, 0.2) is 0 Å². The SMILES string of the molecule is CCCC1(CN2CCC3(CC2)CCN(C2CN(C(C)C)C2)CC3)CC1. The number of hydrogen-bond acceptors (Lipinski definition) is 3. The third-order valence-corrected chi connectivity index (χ3v) is 8.21. The third kappa shape index (κ3) is 3.94. The van der Waals surface area contributed by atoms with Gasteiger partial charge in [-0.3, -0.25) is 9.80 Å². The maximum atomic E-state index is 2.83. The molecule has 3 heterocycles. The van der Waals surface area contributed by atoms with E-state index in [1.807, 2.05) is 0 Å². The lowest BCUT2D eigenvalue weighted by molar-refractivity contribution is -0.0341. The summed E-state index contributed by atoms with van der Waals surface area (Å²) in [5.41, 5.74) is 1.45. The fourth-order valence-electron chi connectivity index (χ4n) is 5.86. The molecule has 0 amide bonds. The Morgan fingerprint density at radius 2 is 1.48 bits per heavy atom. The second kappa shape index (κ2) is 7.13. The summed E-state index contributed by atoms with van der Waals surface area (Å²) in [5, 5.41) is 0. The molecule has 0 aromatic heterocycles. The Morgan fingerprint density at radius 3 is 2.00 bits per heavy atom. The highest BCUT2D eigenvalue weighted by Gasteiger charge is 2.45. The molecule has 0 radical (unpaired) electrons. The van der Waals surface area contributed by atoms with Crippen LogP contribution >= 0.6 is 0 Å². The predicted octanol–water partition coefficient (Wildman–Crippen LogP) is 3.84. The Hall–Kier alpha value is -0.120. The molecule has 3 nitrogen and oxygen atoms in total. The fourth-order valence-corrected chi connectivity index (χ4v) is 5.86. The smallest absolute Gasteiger partial charge is 0.0350 e. The lowest BCUT2D eigenvalue weighted by atomic mass is 9.70. The van der Waals surface area contributed by atoms with E-state index in [4.69, 9.17) is 0 Å². The van der Waals surface area contributed by atoms with Crippen molar-refractivity contribution in [2.75, 3.05) is 45.8 Å². The van der Waals surface area contributed by atoms with Crippen LogP contribution < -0.4 is 0 Å². The van der Waals surface area contributed by atoms with Gasteiger partial charge in [0.1, 0.15) is 0 Å². The van der Waals surface area contributed by atoms with E-state index in [1.54, 1.807) is 0 Å². The number of likely N-dealkylation sites (tertiary alicyclic amines) is 3. The van der Waals surface area contributed by atoms with Crippen molar-refractivity contribution >= 4 is 0 Å². The van der Waals surface area contributed by atoms with Crippen LogP contribution in [0.4, 0.5) is 0 Å². The summed E-state index contributed by atoms with van der Waals surface area (Å²) in [6.45, 7) is 16.6. The molecule has 144 valence electrons. The molecule has 3 heteroatoms. The zero-order chi connectivity index (χ0) is 17.5. The molecule has 1 saturated carbocycles. The lowest BCUT2D eigenvalue weighted by Gasteiger charge is -2.53. The molecule has 1 aliphatic carbocycles. The van der Waals surface area contributed by atoms with E-state index in [0.29, 0.717) is 5.41 Å². The van der Waals surface area contributed by atoms with Gasteiger partial charge in [0.15, 0.2) is 0 Å². The molecule has 1 spiro atoms. The van der Waals surface area contributed by atoms with E-state index >= 15 is 0 Å². The molecule has 0 aromatic rings. The van der Waals surface area contributed by atoms with Gasteiger partial charge in [0.05, 0.1) is 0 Å².